The summed E-state index contributed by atoms with van der Waals surface area (Å²) in [5.74, 6) is 1.20. The zero-order chi connectivity index (χ0) is 12.7. The van der Waals surface area contributed by atoms with Gasteiger partial charge in [-0.15, -0.1) is 0 Å². The highest BCUT2D eigenvalue weighted by Gasteiger charge is 2.47. The van der Waals surface area contributed by atoms with Crippen molar-refractivity contribution < 1.29 is 9.90 Å². The number of aliphatic hydroxyl groups is 1. The van der Waals surface area contributed by atoms with Crippen LogP contribution in [0.3, 0.4) is 0 Å². The molecule has 0 saturated heterocycles. The third-order valence-corrected chi connectivity index (χ3v) is 4.71. The van der Waals surface area contributed by atoms with Crippen LogP contribution in [0, 0.1) is 17.8 Å². The summed E-state index contributed by atoms with van der Waals surface area (Å²) in [6.45, 7) is 0.164. The molecule has 1 aromatic heterocycles. The molecule has 4 atom stereocenters. The van der Waals surface area contributed by atoms with E-state index in [4.69, 9.17) is 11.6 Å². The SMILES string of the molecule is O=C(NC1C2CCC(C2)C1CO)c1cc(Cl)c[nH]1. The lowest BCUT2D eigenvalue weighted by Crippen LogP contribution is -2.45. The topological polar surface area (TPSA) is 65.1 Å². The lowest BCUT2D eigenvalue weighted by atomic mass is 9.85. The molecule has 3 rings (SSSR count). The molecule has 3 N–H and O–H groups in total. The molecule has 2 aliphatic carbocycles. The number of amides is 1. The molecule has 18 heavy (non-hydrogen) atoms. The molecule has 1 amide bonds. The minimum atomic E-state index is -0.127. The summed E-state index contributed by atoms with van der Waals surface area (Å²) in [5, 5.41) is 13.1. The van der Waals surface area contributed by atoms with Gasteiger partial charge in [-0.05, 0) is 37.2 Å². The van der Waals surface area contributed by atoms with Crippen LogP contribution in [0.2, 0.25) is 5.02 Å². The van der Waals surface area contributed by atoms with E-state index in [1.165, 1.54) is 6.42 Å². The first-order valence-corrected chi connectivity index (χ1v) is 6.82. The highest BCUT2D eigenvalue weighted by molar-refractivity contribution is 6.30. The third-order valence-electron chi connectivity index (χ3n) is 4.49. The minimum Gasteiger partial charge on any atom is -0.396 e. The second-order valence-corrected chi connectivity index (χ2v) is 5.85. The van der Waals surface area contributed by atoms with E-state index in [0.717, 1.165) is 12.8 Å². The van der Waals surface area contributed by atoms with Crippen LogP contribution in [-0.4, -0.2) is 28.6 Å². The van der Waals surface area contributed by atoms with E-state index in [0.29, 0.717) is 22.6 Å². The smallest absolute Gasteiger partial charge is 0.267 e. The maximum atomic E-state index is 12.1. The number of carbonyl (C=O) groups excluding carboxylic acids is 1. The van der Waals surface area contributed by atoms with Gasteiger partial charge in [-0.2, -0.15) is 0 Å². The van der Waals surface area contributed by atoms with Crippen LogP contribution < -0.4 is 5.32 Å². The fraction of sp³-hybridized carbons (Fsp3) is 0.615. The maximum absolute atomic E-state index is 12.1. The second kappa shape index (κ2) is 4.59. The number of hydrogen-bond donors (Lipinski definition) is 3. The number of H-pyrrole nitrogens is 1. The summed E-state index contributed by atoms with van der Waals surface area (Å²) in [6.07, 6.45) is 5.09. The number of rotatable bonds is 3. The summed E-state index contributed by atoms with van der Waals surface area (Å²) in [6, 6.07) is 1.74. The summed E-state index contributed by atoms with van der Waals surface area (Å²) < 4.78 is 0. The molecule has 5 heteroatoms. The number of aliphatic hydroxyl groups excluding tert-OH is 1. The zero-order valence-corrected chi connectivity index (χ0v) is 10.8. The van der Waals surface area contributed by atoms with E-state index in [9.17, 15) is 9.90 Å². The standard InChI is InChI=1S/C13H17ClN2O2/c14-9-4-11(15-5-9)13(18)16-12-8-2-1-7(3-8)10(12)6-17/h4-5,7-8,10,12,15,17H,1-3,6H2,(H,16,18). The molecule has 4 nitrogen and oxygen atoms in total. The van der Waals surface area contributed by atoms with Crippen molar-refractivity contribution in [2.24, 2.45) is 17.8 Å². The number of aromatic nitrogens is 1. The monoisotopic (exact) mass is 268 g/mol. The van der Waals surface area contributed by atoms with Crippen LogP contribution in [0.5, 0.6) is 0 Å². The molecule has 2 bridgehead atoms. The number of fused-ring (bicyclic) bond motifs is 2. The normalized spacial score (nSPS) is 33.9. The van der Waals surface area contributed by atoms with Gasteiger partial charge in [0.05, 0.1) is 5.02 Å². The predicted octanol–water partition coefficient (Wildman–Crippen LogP) is 1.80. The highest BCUT2D eigenvalue weighted by Crippen LogP contribution is 2.48. The molecule has 98 valence electrons. The Morgan fingerprint density at radius 2 is 2.28 bits per heavy atom. The van der Waals surface area contributed by atoms with Crippen LogP contribution in [0.25, 0.3) is 0 Å². The van der Waals surface area contributed by atoms with Crippen molar-refractivity contribution in [2.75, 3.05) is 6.61 Å². The Bertz CT molecular complexity index is 460. The van der Waals surface area contributed by atoms with Crippen LogP contribution in [0.4, 0.5) is 0 Å². The Morgan fingerprint density at radius 3 is 2.94 bits per heavy atom. The maximum Gasteiger partial charge on any atom is 0.267 e. The van der Waals surface area contributed by atoms with Gasteiger partial charge in [-0.25, -0.2) is 0 Å². The lowest BCUT2D eigenvalue weighted by molar-refractivity contribution is 0.0857. The van der Waals surface area contributed by atoms with Crippen molar-refractivity contribution in [3.8, 4) is 0 Å². The summed E-state index contributed by atoms with van der Waals surface area (Å²) in [5.41, 5.74) is 0.486. The van der Waals surface area contributed by atoms with Crippen LogP contribution in [0.1, 0.15) is 29.8 Å². The van der Waals surface area contributed by atoms with Crippen molar-refractivity contribution in [1.29, 1.82) is 0 Å². The Kier molecular flexibility index (Phi) is 3.08. The molecule has 1 aromatic rings. The van der Waals surface area contributed by atoms with Crippen molar-refractivity contribution in [2.45, 2.75) is 25.3 Å². The Balaban J connectivity index is 1.71. The number of carbonyl (C=O) groups is 1. The molecule has 2 saturated carbocycles. The van der Waals surface area contributed by atoms with Gasteiger partial charge < -0.3 is 15.4 Å². The lowest BCUT2D eigenvalue weighted by Gasteiger charge is -2.30. The first-order valence-electron chi connectivity index (χ1n) is 6.44. The molecule has 1 heterocycles. The van der Waals surface area contributed by atoms with Crippen LogP contribution in [0.15, 0.2) is 12.3 Å². The molecule has 4 unspecified atom stereocenters. The second-order valence-electron chi connectivity index (χ2n) is 5.41. The van der Waals surface area contributed by atoms with Gasteiger partial charge in [0, 0.05) is 24.8 Å². The summed E-state index contributed by atoms with van der Waals surface area (Å²) >= 11 is 5.79. The number of halogens is 1. The van der Waals surface area contributed by atoms with Gasteiger partial charge in [-0.3, -0.25) is 4.79 Å². The first-order chi connectivity index (χ1) is 8.69. The van der Waals surface area contributed by atoms with Crippen molar-refractivity contribution in [3.63, 3.8) is 0 Å². The summed E-state index contributed by atoms with van der Waals surface area (Å²) in [4.78, 5) is 14.9. The van der Waals surface area contributed by atoms with Crippen molar-refractivity contribution in [3.05, 3.63) is 23.0 Å². The van der Waals surface area contributed by atoms with Gasteiger partial charge in [0.25, 0.3) is 5.91 Å². The highest BCUT2D eigenvalue weighted by atomic mass is 35.5. The third kappa shape index (κ3) is 1.93. The molecule has 2 aliphatic rings. The van der Waals surface area contributed by atoms with E-state index < -0.39 is 0 Å². The van der Waals surface area contributed by atoms with E-state index in [2.05, 4.69) is 10.3 Å². The number of aromatic amines is 1. The number of hydrogen-bond acceptors (Lipinski definition) is 2. The Labute approximate surface area is 111 Å². The van der Waals surface area contributed by atoms with E-state index >= 15 is 0 Å². The molecule has 0 aromatic carbocycles. The van der Waals surface area contributed by atoms with Crippen molar-refractivity contribution >= 4 is 17.5 Å². The zero-order valence-electron chi connectivity index (χ0n) is 10.0. The van der Waals surface area contributed by atoms with Crippen LogP contribution >= 0.6 is 11.6 Å². The average molecular weight is 269 g/mol. The Hall–Kier alpha value is -1.00. The summed E-state index contributed by atoms with van der Waals surface area (Å²) in [7, 11) is 0. The molecular weight excluding hydrogens is 252 g/mol. The molecule has 0 radical (unpaired) electrons. The van der Waals surface area contributed by atoms with E-state index in [1.807, 2.05) is 0 Å². The Morgan fingerprint density at radius 1 is 1.50 bits per heavy atom. The molecule has 0 aliphatic heterocycles. The van der Waals surface area contributed by atoms with Gasteiger partial charge in [-0.1, -0.05) is 11.6 Å². The van der Waals surface area contributed by atoms with Gasteiger partial charge in [0.2, 0.25) is 0 Å². The average Bonchev–Trinajstić information content (AvgIpc) is 3.03. The molecular formula is C13H17ClN2O2. The fourth-order valence-corrected chi connectivity index (χ4v) is 3.79. The van der Waals surface area contributed by atoms with E-state index in [1.54, 1.807) is 12.3 Å². The quantitative estimate of drug-likeness (QED) is 0.783. The van der Waals surface area contributed by atoms with Crippen LogP contribution in [-0.2, 0) is 0 Å². The first kappa shape index (κ1) is 12.1. The number of nitrogens with one attached hydrogen (secondary N) is 2. The van der Waals surface area contributed by atoms with Crippen molar-refractivity contribution in [1.82, 2.24) is 10.3 Å². The van der Waals surface area contributed by atoms with Gasteiger partial charge in [0.15, 0.2) is 0 Å². The predicted molar refractivity (Wildman–Crippen MR) is 68.5 cm³/mol. The molecule has 2 fully saturated rings. The largest absolute Gasteiger partial charge is 0.396 e. The van der Waals surface area contributed by atoms with E-state index in [-0.39, 0.29) is 24.5 Å². The van der Waals surface area contributed by atoms with Gasteiger partial charge >= 0.3 is 0 Å². The minimum absolute atomic E-state index is 0.114. The molecule has 0 spiro atoms. The van der Waals surface area contributed by atoms with Gasteiger partial charge in [0.1, 0.15) is 5.69 Å². The fourth-order valence-electron chi connectivity index (χ4n) is 3.63.